The fraction of sp³-hybridized carbons (Fsp3) is 0.233. The van der Waals surface area contributed by atoms with Gasteiger partial charge in [-0.2, -0.15) is 0 Å². The van der Waals surface area contributed by atoms with E-state index in [0.29, 0.717) is 11.8 Å². The maximum atomic E-state index is 2.62. The third kappa shape index (κ3) is 5.67. The molecule has 4 nitrogen and oxygen atoms in total. The van der Waals surface area contributed by atoms with Crippen LogP contribution in [-0.2, 0) is 0 Å². The van der Waals surface area contributed by atoms with Crippen LogP contribution < -0.4 is 0 Å². The van der Waals surface area contributed by atoms with Crippen molar-refractivity contribution < 1.29 is 0 Å². The highest BCUT2D eigenvalue weighted by Gasteiger charge is 2.29. The molecule has 4 heterocycles. The molecule has 0 radical (unpaired) electrons. The van der Waals surface area contributed by atoms with Crippen LogP contribution >= 0.6 is 0 Å². The summed E-state index contributed by atoms with van der Waals surface area (Å²) in [6.07, 6.45) is 13.0. The van der Waals surface area contributed by atoms with Crippen LogP contribution in [0, 0.1) is 13.8 Å². The average Bonchev–Trinajstić information content (AvgIpc) is 4.05. The molecule has 4 heteroatoms. The number of hydrogen-bond acceptors (Lipinski definition) is 0. The number of fused-ring (bicyclic) bond motifs is 8. The van der Waals surface area contributed by atoms with Crippen LogP contribution in [-0.4, -0.2) is 18.3 Å². The molecule has 0 amide bonds. The minimum absolute atomic E-state index is 0.569. The molecular weight excluding hydrogens is 777 g/mol. The fourth-order valence-electron chi connectivity index (χ4n) is 12.8. The van der Waals surface area contributed by atoms with Crippen molar-refractivity contribution in [1.29, 1.82) is 0 Å². The third-order valence-electron chi connectivity index (χ3n) is 15.5. The summed E-state index contributed by atoms with van der Waals surface area (Å²) in [6, 6.07) is 59.4. The van der Waals surface area contributed by atoms with Crippen molar-refractivity contribution in [2.75, 3.05) is 0 Å². The lowest BCUT2D eigenvalue weighted by molar-refractivity contribution is 0.444. The highest BCUT2D eigenvalue weighted by molar-refractivity contribution is 6.10. The maximum absolute atomic E-state index is 2.62. The van der Waals surface area contributed by atoms with Gasteiger partial charge in [0.1, 0.15) is 0 Å². The lowest BCUT2D eigenvalue weighted by Gasteiger charge is -2.22. The van der Waals surface area contributed by atoms with Crippen molar-refractivity contribution in [2.24, 2.45) is 0 Å². The van der Waals surface area contributed by atoms with Crippen molar-refractivity contribution in [1.82, 2.24) is 18.3 Å². The summed E-state index contributed by atoms with van der Waals surface area (Å²) >= 11 is 0. The Hall–Kier alpha value is -6.78. The van der Waals surface area contributed by atoms with Crippen LogP contribution in [0.25, 0.3) is 88.2 Å². The molecule has 4 aromatic heterocycles. The summed E-state index contributed by atoms with van der Waals surface area (Å²) in [4.78, 5) is 0. The monoisotopic (exact) mass is 830 g/mol. The summed E-state index contributed by atoms with van der Waals surface area (Å²) in [7, 11) is 0. The van der Waals surface area contributed by atoms with Crippen LogP contribution in [0.2, 0.25) is 0 Å². The van der Waals surface area contributed by atoms with E-state index in [1.165, 1.54) is 164 Å². The first-order valence-corrected chi connectivity index (χ1v) is 24.0. The molecule has 0 spiro atoms. The molecule has 314 valence electrons. The van der Waals surface area contributed by atoms with Gasteiger partial charge in [-0.25, -0.2) is 0 Å². The van der Waals surface area contributed by atoms with Gasteiger partial charge in [-0.05, 0) is 147 Å². The largest absolute Gasteiger partial charge is 0.314 e. The molecule has 0 atom stereocenters. The van der Waals surface area contributed by atoms with Crippen LogP contribution in [0.4, 0.5) is 0 Å². The minimum atomic E-state index is 0.569. The molecule has 0 saturated heterocycles. The van der Waals surface area contributed by atoms with E-state index in [9.17, 15) is 0 Å². The number of benzene rings is 7. The summed E-state index contributed by atoms with van der Waals surface area (Å²) in [6.45, 7) is 4.81. The Morgan fingerprint density at radius 1 is 0.297 bits per heavy atom. The van der Waals surface area contributed by atoms with Gasteiger partial charge in [-0.3, -0.25) is 0 Å². The minimum Gasteiger partial charge on any atom is -0.314 e. The molecule has 0 aliphatic heterocycles. The SMILES string of the molecule is Cc1c(C2CCCCC2)c2cc3c(cc2n1-c1ccc(-n2c4ccccc4c4ccccc42)cc1)c(C1CCCCC1)c(C)n3-c1ccc(-n2c3ccccc3c3ccccc32)cc1. The van der Waals surface area contributed by atoms with E-state index in [4.69, 9.17) is 0 Å². The quantitative estimate of drug-likeness (QED) is 0.159. The third-order valence-corrected chi connectivity index (χ3v) is 15.5. The van der Waals surface area contributed by atoms with Crippen LogP contribution in [0.1, 0.15) is 98.6 Å². The number of para-hydroxylation sites is 4. The Morgan fingerprint density at radius 2 is 0.578 bits per heavy atom. The van der Waals surface area contributed by atoms with Gasteiger partial charge in [-0.15, -0.1) is 0 Å². The van der Waals surface area contributed by atoms with Crippen molar-refractivity contribution in [2.45, 2.75) is 89.9 Å². The van der Waals surface area contributed by atoms with Crippen molar-refractivity contribution in [3.63, 3.8) is 0 Å². The van der Waals surface area contributed by atoms with Gasteiger partial charge in [0, 0.05) is 66.5 Å². The average molecular weight is 831 g/mol. The first-order valence-electron chi connectivity index (χ1n) is 24.0. The van der Waals surface area contributed by atoms with Gasteiger partial charge in [-0.1, -0.05) is 111 Å². The Labute approximate surface area is 375 Å². The number of nitrogens with zero attached hydrogens (tertiary/aromatic N) is 4. The molecule has 2 fully saturated rings. The zero-order valence-corrected chi connectivity index (χ0v) is 37.0. The number of aromatic nitrogens is 4. The predicted molar refractivity (Wildman–Crippen MR) is 270 cm³/mol. The normalized spacial score (nSPS) is 15.5. The Morgan fingerprint density at radius 3 is 0.891 bits per heavy atom. The molecule has 13 rings (SSSR count). The summed E-state index contributed by atoms with van der Waals surface area (Å²) in [5.74, 6) is 1.14. The first kappa shape index (κ1) is 37.7. The van der Waals surface area contributed by atoms with E-state index in [1.807, 2.05) is 0 Å². The second kappa shape index (κ2) is 14.9. The van der Waals surface area contributed by atoms with Crippen molar-refractivity contribution >= 4 is 65.4 Å². The van der Waals surface area contributed by atoms with Gasteiger partial charge >= 0.3 is 0 Å². The van der Waals surface area contributed by atoms with Crippen LogP contribution in [0.15, 0.2) is 158 Å². The Bertz CT molecular complexity index is 3230. The first-order chi connectivity index (χ1) is 31.6. The van der Waals surface area contributed by atoms with Crippen molar-refractivity contribution in [3.05, 3.63) is 180 Å². The lowest BCUT2D eigenvalue weighted by atomic mass is 9.82. The Kier molecular flexibility index (Phi) is 8.79. The smallest absolute Gasteiger partial charge is 0.0541 e. The zero-order chi connectivity index (χ0) is 42.5. The van der Waals surface area contributed by atoms with E-state index in [2.05, 4.69) is 190 Å². The molecule has 11 aromatic rings. The van der Waals surface area contributed by atoms with Crippen LogP contribution in [0.3, 0.4) is 0 Å². The number of hydrogen-bond donors (Lipinski definition) is 0. The topological polar surface area (TPSA) is 19.7 Å². The van der Waals surface area contributed by atoms with E-state index in [1.54, 1.807) is 11.1 Å². The molecular formula is C60H54N4. The Balaban J connectivity index is 1.00. The molecule has 2 aliphatic carbocycles. The van der Waals surface area contributed by atoms with Gasteiger partial charge in [0.05, 0.1) is 33.1 Å². The molecule has 0 bridgehead atoms. The molecule has 7 aromatic carbocycles. The summed E-state index contributed by atoms with van der Waals surface area (Å²) in [5, 5.41) is 8.05. The zero-order valence-electron chi connectivity index (χ0n) is 37.0. The molecule has 2 saturated carbocycles. The molecule has 64 heavy (non-hydrogen) atoms. The van der Waals surface area contributed by atoms with Gasteiger partial charge in [0.25, 0.3) is 0 Å². The maximum Gasteiger partial charge on any atom is 0.0541 e. The van der Waals surface area contributed by atoms with Gasteiger partial charge in [0.2, 0.25) is 0 Å². The fourth-order valence-corrected chi connectivity index (χ4v) is 12.8. The van der Waals surface area contributed by atoms with Crippen LogP contribution in [0.5, 0.6) is 0 Å². The molecule has 2 aliphatic rings. The van der Waals surface area contributed by atoms with E-state index in [-0.39, 0.29) is 0 Å². The highest BCUT2D eigenvalue weighted by Crippen LogP contribution is 2.47. The predicted octanol–water partition coefficient (Wildman–Crippen LogP) is 16.5. The van der Waals surface area contributed by atoms with E-state index in [0.717, 1.165) is 0 Å². The second-order valence-corrected chi connectivity index (χ2v) is 19.0. The standard InChI is InChI=1S/C60H54N4/c1-39-59(41-17-5-3-6-18-41)51-37-58-52(38-57(51)61(39)43-29-33-45(34-30-43)63-53-25-13-9-21-47(53)48-22-10-14-26-54(48)63)60(42-19-7-4-8-20-42)40(2)62(58)44-31-35-46(36-32-44)64-55-27-15-11-23-49(55)50-24-12-16-28-56(50)64/h9-16,21-38,41-42H,3-8,17-20H2,1-2H3. The highest BCUT2D eigenvalue weighted by atomic mass is 15.0. The van der Waals surface area contributed by atoms with Gasteiger partial charge in [0.15, 0.2) is 0 Å². The lowest BCUT2D eigenvalue weighted by Crippen LogP contribution is -2.07. The summed E-state index contributed by atoms with van der Waals surface area (Å²) in [5.41, 5.74) is 18.5. The van der Waals surface area contributed by atoms with E-state index < -0.39 is 0 Å². The van der Waals surface area contributed by atoms with E-state index >= 15 is 0 Å². The van der Waals surface area contributed by atoms with Gasteiger partial charge < -0.3 is 18.3 Å². The molecule has 0 N–H and O–H groups in total. The number of rotatable bonds is 6. The summed E-state index contributed by atoms with van der Waals surface area (Å²) < 4.78 is 10.1. The molecule has 0 unspecified atom stereocenters. The second-order valence-electron chi connectivity index (χ2n) is 19.0. The van der Waals surface area contributed by atoms with Crippen molar-refractivity contribution in [3.8, 4) is 22.7 Å².